The zero-order valence-electron chi connectivity index (χ0n) is 8.39. The highest BCUT2D eigenvalue weighted by Crippen LogP contribution is 2.03. The molecule has 0 atom stereocenters. The molecule has 0 aromatic heterocycles. The zero-order chi connectivity index (χ0) is 11.2. The predicted octanol–water partition coefficient (Wildman–Crippen LogP) is 0.854. The van der Waals surface area contributed by atoms with E-state index in [1.54, 1.807) is 0 Å². The quantitative estimate of drug-likeness (QED) is 0.411. The van der Waals surface area contributed by atoms with Gasteiger partial charge in [-0.3, -0.25) is 9.35 Å². The van der Waals surface area contributed by atoms with Crippen LogP contribution in [0.3, 0.4) is 0 Å². The van der Waals surface area contributed by atoms with E-state index in [0.29, 0.717) is 12.3 Å². The number of ether oxygens (including phenoxy) is 1. The van der Waals surface area contributed by atoms with Crippen LogP contribution in [0.1, 0.15) is 26.7 Å². The van der Waals surface area contributed by atoms with Crippen LogP contribution in [0.5, 0.6) is 0 Å². The molecule has 1 N–H and O–H groups in total. The molecule has 6 heteroatoms. The third kappa shape index (κ3) is 9.47. The number of carbonyl (C=O) groups is 1. The first-order valence-electron chi connectivity index (χ1n) is 4.42. The van der Waals surface area contributed by atoms with Crippen LogP contribution in [0.4, 0.5) is 0 Å². The molecular formula is C8H16O5S. The van der Waals surface area contributed by atoms with Crippen LogP contribution in [-0.2, 0) is 19.6 Å². The molecule has 0 bridgehead atoms. The van der Waals surface area contributed by atoms with E-state index in [1.165, 1.54) is 0 Å². The molecule has 0 aromatic carbocycles. The summed E-state index contributed by atoms with van der Waals surface area (Å²) < 4.78 is 33.4. The van der Waals surface area contributed by atoms with Crippen LogP contribution in [0.2, 0.25) is 0 Å². The van der Waals surface area contributed by atoms with Gasteiger partial charge in [0.05, 0.1) is 6.61 Å². The van der Waals surface area contributed by atoms with Crippen LogP contribution < -0.4 is 0 Å². The highest BCUT2D eigenvalue weighted by molar-refractivity contribution is 7.86. The van der Waals surface area contributed by atoms with Crippen molar-refractivity contribution in [2.24, 2.45) is 5.92 Å². The molecule has 84 valence electrons. The minimum atomic E-state index is -4.25. The van der Waals surface area contributed by atoms with Gasteiger partial charge in [0.2, 0.25) is 0 Å². The van der Waals surface area contributed by atoms with Gasteiger partial charge in [0.1, 0.15) is 0 Å². The molecule has 0 heterocycles. The van der Waals surface area contributed by atoms with Gasteiger partial charge in [-0.05, 0) is 18.8 Å². The summed E-state index contributed by atoms with van der Waals surface area (Å²) in [6.07, 6.45) is 1.62. The minimum absolute atomic E-state index is 0.201. The number of carbonyl (C=O) groups excluding carboxylic acids is 1. The Bertz CT molecular complexity index is 267. The molecule has 0 aliphatic rings. The molecule has 0 unspecified atom stereocenters. The van der Waals surface area contributed by atoms with Gasteiger partial charge in [0.15, 0.2) is 5.75 Å². The molecule has 0 amide bonds. The maximum Gasteiger partial charge on any atom is 0.323 e. The van der Waals surface area contributed by atoms with E-state index in [9.17, 15) is 13.2 Å². The van der Waals surface area contributed by atoms with E-state index in [2.05, 4.69) is 4.74 Å². The van der Waals surface area contributed by atoms with Gasteiger partial charge in [-0.15, -0.1) is 0 Å². The van der Waals surface area contributed by atoms with E-state index in [-0.39, 0.29) is 6.61 Å². The van der Waals surface area contributed by atoms with Crippen molar-refractivity contribution in [1.29, 1.82) is 0 Å². The fourth-order valence-electron chi connectivity index (χ4n) is 0.868. The van der Waals surface area contributed by atoms with Crippen LogP contribution in [0.15, 0.2) is 0 Å². The smallest absolute Gasteiger partial charge is 0.323 e. The molecule has 0 saturated carbocycles. The molecule has 0 radical (unpaired) electrons. The Morgan fingerprint density at radius 2 is 2.00 bits per heavy atom. The third-order valence-corrected chi connectivity index (χ3v) is 2.09. The molecule has 0 aromatic rings. The van der Waals surface area contributed by atoms with Gasteiger partial charge >= 0.3 is 5.97 Å². The maximum atomic E-state index is 10.7. The van der Waals surface area contributed by atoms with Crippen molar-refractivity contribution in [2.75, 3.05) is 12.4 Å². The Labute approximate surface area is 84.2 Å². The summed E-state index contributed by atoms with van der Waals surface area (Å²) in [6.45, 7) is 4.28. The van der Waals surface area contributed by atoms with E-state index in [1.807, 2.05) is 13.8 Å². The molecule has 0 aliphatic carbocycles. The second kappa shape index (κ2) is 5.98. The summed E-state index contributed by atoms with van der Waals surface area (Å²) in [7, 11) is -4.25. The fraction of sp³-hybridized carbons (Fsp3) is 0.875. The second-order valence-electron chi connectivity index (χ2n) is 3.48. The Hall–Kier alpha value is -0.620. The van der Waals surface area contributed by atoms with E-state index >= 15 is 0 Å². The minimum Gasteiger partial charge on any atom is -0.465 e. The molecule has 14 heavy (non-hydrogen) atoms. The molecule has 5 nitrogen and oxygen atoms in total. The van der Waals surface area contributed by atoms with Crippen LogP contribution >= 0.6 is 0 Å². The molecule has 0 spiro atoms. The van der Waals surface area contributed by atoms with Crippen molar-refractivity contribution in [1.82, 2.24) is 0 Å². The van der Waals surface area contributed by atoms with Crippen LogP contribution in [0.25, 0.3) is 0 Å². The number of hydrogen-bond donors (Lipinski definition) is 1. The second-order valence-corrected chi connectivity index (χ2v) is 4.94. The van der Waals surface area contributed by atoms with Gasteiger partial charge in [-0.1, -0.05) is 13.8 Å². The average Bonchev–Trinajstić information content (AvgIpc) is 1.94. The number of hydrogen-bond acceptors (Lipinski definition) is 4. The molecular weight excluding hydrogens is 208 g/mol. The van der Waals surface area contributed by atoms with Crippen molar-refractivity contribution >= 4 is 16.1 Å². The Kier molecular flexibility index (Phi) is 5.71. The summed E-state index contributed by atoms with van der Waals surface area (Å²) in [6, 6.07) is 0. The summed E-state index contributed by atoms with van der Waals surface area (Å²) in [5.41, 5.74) is 0. The largest absolute Gasteiger partial charge is 0.465 e. The predicted molar refractivity (Wildman–Crippen MR) is 51.4 cm³/mol. The summed E-state index contributed by atoms with van der Waals surface area (Å²) >= 11 is 0. The molecule has 0 fully saturated rings. The van der Waals surface area contributed by atoms with Crippen LogP contribution in [0, 0.1) is 5.92 Å². The third-order valence-electron chi connectivity index (χ3n) is 1.49. The lowest BCUT2D eigenvalue weighted by Crippen LogP contribution is -2.18. The molecule has 0 saturated heterocycles. The highest BCUT2D eigenvalue weighted by atomic mass is 32.2. The average molecular weight is 224 g/mol. The first-order chi connectivity index (χ1) is 6.31. The molecule has 0 aliphatic heterocycles. The summed E-state index contributed by atoms with van der Waals surface area (Å²) in [4.78, 5) is 10.7. The van der Waals surface area contributed by atoms with Gasteiger partial charge in [-0.2, -0.15) is 8.42 Å². The zero-order valence-corrected chi connectivity index (χ0v) is 9.21. The van der Waals surface area contributed by atoms with Gasteiger partial charge in [0.25, 0.3) is 10.1 Å². The van der Waals surface area contributed by atoms with E-state index in [4.69, 9.17) is 4.55 Å². The first kappa shape index (κ1) is 13.4. The monoisotopic (exact) mass is 224 g/mol. The summed E-state index contributed by atoms with van der Waals surface area (Å²) in [5.74, 6) is -1.35. The standard InChI is InChI=1S/C8H16O5S/c1-7(2)4-3-5-13-8(9)6-14(10,11)12/h7H,3-6H2,1-2H3,(H,10,11,12). The van der Waals surface area contributed by atoms with E-state index < -0.39 is 21.8 Å². The lowest BCUT2D eigenvalue weighted by Gasteiger charge is -2.05. The van der Waals surface area contributed by atoms with E-state index in [0.717, 1.165) is 6.42 Å². The highest BCUT2D eigenvalue weighted by Gasteiger charge is 2.13. The van der Waals surface area contributed by atoms with Crippen molar-refractivity contribution in [2.45, 2.75) is 26.7 Å². The number of rotatable bonds is 6. The van der Waals surface area contributed by atoms with Crippen molar-refractivity contribution in [3.63, 3.8) is 0 Å². The van der Waals surface area contributed by atoms with Gasteiger partial charge in [0, 0.05) is 0 Å². The van der Waals surface area contributed by atoms with Crippen LogP contribution in [-0.4, -0.2) is 31.3 Å². The Morgan fingerprint density at radius 1 is 1.43 bits per heavy atom. The Morgan fingerprint density at radius 3 is 2.43 bits per heavy atom. The van der Waals surface area contributed by atoms with Gasteiger partial charge in [-0.25, -0.2) is 0 Å². The fourth-order valence-corrected chi connectivity index (χ4v) is 1.25. The van der Waals surface area contributed by atoms with Crippen molar-refractivity contribution in [3.05, 3.63) is 0 Å². The first-order valence-corrected chi connectivity index (χ1v) is 6.03. The SMILES string of the molecule is CC(C)CCCOC(=O)CS(=O)(=O)O. The lowest BCUT2D eigenvalue weighted by atomic mass is 10.1. The molecule has 0 rings (SSSR count). The summed E-state index contributed by atoms with van der Waals surface area (Å²) in [5, 5.41) is 0. The van der Waals surface area contributed by atoms with Crippen molar-refractivity contribution in [3.8, 4) is 0 Å². The van der Waals surface area contributed by atoms with Gasteiger partial charge < -0.3 is 4.74 Å². The maximum absolute atomic E-state index is 10.7. The van der Waals surface area contributed by atoms with Crippen molar-refractivity contribution < 1.29 is 22.5 Å². The lowest BCUT2D eigenvalue weighted by molar-refractivity contribution is -0.140. The normalized spacial score (nSPS) is 11.7. The topological polar surface area (TPSA) is 80.7 Å². The Balaban J connectivity index is 3.56. The number of esters is 1.